The van der Waals surface area contributed by atoms with E-state index < -0.39 is 22.9 Å². The molecule has 1 saturated heterocycles. The Labute approximate surface area is 208 Å². The predicted octanol–water partition coefficient (Wildman–Crippen LogP) is 6.81. The van der Waals surface area contributed by atoms with Crippen LogP contribution in [-0.2, 0) is 16.1 Å². The zero-order valence-corrected chi connectivity index (χ0v) is 20.0. The SMILES string of the molecule is CCOC(=O)c1cc(-c2ccc(/C=C3\SC(=O)N(Cc4c(F)cccc4Cl)C3=O)o2)ccc1Cl. The Morgan fingerprint density at radius 2 is 1.94 bits per heavy atom. The standard InChI is InChI=1S/C24H16Cl2FNO5S/c1-2-32-23(30)15-10-13(6-8-18(15)26)20-9-7-14(33-20)11-21-22(29)28(24(31)34-21)12-16-17(25)4-3-5-19(16)27/h3-11H,2,12H2,1H3/b21-11-. The number of esters is 1. The molecular weight excluding hydrogens is 504 g/mol. The Hall–Kier alpha value is -3.07. The highest BCUT2D eigenvalue weighted by Crippen LogP contribution is 2.35. The zero-order chi connectivity index (χ0) is 24.4. The first-order valence-electron chi connectivity index (χ1n) is 10.0. The van der Waals surface area contributed by atoms with E-state index in [9.17, 15) is 18.8 Å². The molecule has 0 atom stereocenters. The molecule has 1 fully saturated rings. The molecule has 34 heavy (non-hydrogen) atoms. The van der Waals surface area contributed by atoms with Crippen molar-refractivity contribution in [2.75, 3.05) is 6.61 Å². The van der Waals surface area contributed by atoms with Crippen molar-refractivity contribution in [2.45, 2.75) is 13.5 Å². The summed E-state index contributed by atoms with van der Waals surface area (Å²) in [6, 6.07) is 12.2. The van der Waals surface area contributed by atoms with Gasteiger partial charge in [-0.1, -0.05) is 29.3 Å². The van der Waals surface area contributed by atoms with E-state index in [-0.39, 0.29) is 39.2 Å². The van der Waals surface area contributed by atoms with Gasteiger partial charge in [-0.2, -0.15) is 0 Å². The van der Waals surface area contributed by atoms with Gasteiger partial charge in [0.25, 0.3) is 11.1 Å². The number of hydrogen-bond acceptors (Lipinski definition) is 6. The summed E-state index contributed by atoms with van der Waals surface area (Å²) in [5.41, 5.74) is 0.842. The molecule has 0 N–H and O–H groups in total. The molecule has 0 saturated carbocycles. The Balaban J connectivity index is 1.56. The molecule has 1 aromatic heterocycles. The van der Waals surface area contributed by atoms with Gasteiger partial charge < -0.3 is 9.15 Å². The third kappa shape index (κ3) is 4.89. The van der Waals surface area contributed by atoms with E-state index in [0.717, 1.165) is 16.7 Å². The van der Waals surface area contributed by atoms with Crippen LogP contribution in [0.2, 0.25) is 10.0 Å². The van der Waals surface area contributed by atoms with Gasteiger partial charge in [-0.05, 0) is 61.2 Å². The smallest absolute Gasteiger partial charge is 0.339 e. The first-order valence-corrected chi connectivity index (χ1v) is 11.6. The number of nitrogens with zero attached hydrogens (tertiary/aromatic N) is 1. The minimum Gasteiger partial charge on any atom is -0.462 e. The van der Waals surface area contributed by atoms with Crippen LogP contribution < -0.4 is 0 Å². The monoisotopic (exact) mass is 519 g/mol. The van der Waals surface area contributed by atoms with Crippen molar-refractivity contribution in [3.8, 4) is 11.3 Å². The first kappa shape index (κ1) is 24.1. The fraction of sp³-hybridized carbons (Fsp3) is 0.125. The maximum atomic E-state index is 14.1. The maximum absolute atomic E-state index is 14.1. The molecule has 0 radical (unpaired) electrons. The fourth-order valence-corrected chi connectivity index (χ4v) is 4.47. The highest BCUT2D eigenvalue weighted by atomic mass is 35.5. The van der Waals surface area contributed by atoms with Crippen molar-refractivity contribution in [1.82, 2.24) is 4.90 Å². The van der Waals surface area contributed by atoms with Crippen LogP contribution in [0.25, 0.3) is 17.4 Å². The third-order valence-electron chi connectivity index (χ3n) is 4.90. The van der Waals surface area contributed by atoms with Gasteiger partial charge in [0.1, 0.15) is 17.3 Å². The fourth-order valence-electron chi connectivity index (χ4n) is 3.24. The van der Waals surface area contributed by atoms with Crippen molar-refractivity contribution in [3.63, 3.8) is 0 Å². The van der Waals surface area contributed by atoms with Crippen LogP contribution in [0.5, 0.6) is 0 Å². The van der Waals surface area contributed by atoms with E-state index in [4.69, 9.17) is 32.4 Å². The summed E-state index contributed by atoms with van der Waals surface area (Å²) >= 11 is 12.9. The molecule has 6 nitrogen and oxygen atoms in total. The number of amides is 2. The quantitative estimate of drug-likeness (QED) is 0.263. The molecule has 1 aliphatic rings. The lowest BCUT2D eigenvalue weighted by Gasteiger charge is -2.14. The van der Waals surface area contributed by atoms with E-state index in [0.29, 0.717) is 17.1 Å². The van der Waals surface area contributed by atoms with E-state index in [2.05, 4.69) is 0 Å². The number of thioether (sulfide) groups is 1. The second kappa shape index (κ2) is 10.0. The molecule has 2 heterocycles. The summed E-state index contributed by atoms with van der Waals surface area (Å²) in [6.07, 6.45) is 1.43. The summed E-state index contributed by atoms with van der Waals surface area (Å²) in [6.45, 7) is 1.63. The minimum atomic E-state index is -0.601. The summed E-state index contributed by atoms with van der Waals surface area (Å²) in [4.78, 5) is 38.3. The number of hydrogen-bond donors (Lipinski definition) is 0. The van der Waals surface area contributed by atoms with E-state index in [1.165, 1.54) is 24.3 Å². The lowest BCUT2D eigenvalue weighted by atomic mass is 10.1. The topological polar surface area (TPSA) is 76.8 Å². The minimum absolute atomic E-state index is 0.0631. The Bertz CT molecular complexity index is 1320. The summed E-state index contributed by atoms with van der Waals surface area (Å²) in [7, 11) is 0. The van der Waals surface area contributed by atoms with Crippen molar-refractivity contribution in [2.24, 2.45) is 0 Å². The largest absolute Gasteiger partial charge is 0.462 e. The van der Waals surface area contributed by atoms with Crippen molar-refractivity contribution >= 4 is 58.2 Å². The van der Waals surface area contributed by atoms with Gasteiger partial charge in [0.2, 0.25) is 0 Å². The van der Waals surface area contributed by atoms with E-state index in [1.807, 2.05) is 0 Å². The van der Waals surface area contributed by atoms with Crippen LogP contribution in [0.1, 0.15) is 28.6 Å². The van der Waals surface area contributed by atoms with E-state index in [1.54, 1.807) is 37.3 Å². The number of ether oxygens (including phenoxy) is 1. The Morgan fingerprint density at radius 1 is 1.15 bits per heavy atom. The molecule has 174 valence electrons. The van der Waals surface area contributed by atoms with E-state index >= 15 is 0 Å². The van der Waals surface area contributed by atoms with Gasteiger partial charge in [0.05, 0.1) is 28.6 Å². The van der Waals surface area contributed by atoms with Crippen molar-refractivity contribution < 1.29 is 27.9 Å². The maximum Gasteiger partial charge on any atom is 0.339 e. The molecule has 3 aromatic rings. The van der Waals surface area contributed by atoms with Crippen LogP contribution >= 0.6 is 35.0 Å². The molecule has 0 unspecified atom stereocenters. The molecule has 10 heteroatoms. The Kier molecular flexibility index (Phi) is 7.11. The molecule has 4 rings (SSSR count). The zero-order valence-electron chi connectivity index (χ0n) is 17.6. The molecule has 2 amide bonds. The van der Waals surface area contributed by atoms with Gasteiger partial charge in [0, 0.05) is 22.2 Å². The number of imide groups is 1. The molecule has 0 spiro atoms. The Morgan fingerprint density at radius 3 is 2.68 bits per heavy atom. The molecule has 2 aromatic carbocycles. The normalized spacial score (nSPS) is 14.8. The lowest BCUT2D eigenvalue weighted by molar-refractivity contribution is -0.123. The van der Waals surface area contributed by atoms with Crippen LogP contribution in [0.3, 0.4) is 0 Å². The van der Waals surface area contributed by atoms with Crippen LogP contribution in [0.15, 0.2) is 57.9 Å². The number of carbonyl (C=O) groups excluding carboxylic acids is 3. The predicted molar refractivity (Wildman–Crippen MR) is 128 cm³/mol. The van der Waals surface area contributed by atoms with Gasteiger partial charge in [0.15, 0.2) is 0 Å². The van der Waals surface area contributed by atoms with Crippen LogP contribution in [0.4, 0.5) is 9.18 Å². The number of furan rings is 1. The highest BCUT2D eigenvalue weighted by molar-refractivity contribution is 8.18. The average Bonchev–Trinajstić information content (AvgIpc) is 3.36. The van der Waals surface area contributed by atoms with Gasteiger partial charge in [-0.3, -0.25) is 14.5 Å². The lowest BCUT2D eigenvalue weighted by Crippen LogP contribution is -2.28. The second-order valence-corrected chi connectivity index (χ2v) is 8.89. The molecule has 0 bridgehead atoms. The van der Waals surface area contributed by atoms with Gasteiger partial charge >= 0.3 is 5.97 Å². The number of benzene rings is 2. The van der Waals surface area contributed by atoms with Crippen LogP contribution in [0, 0.1) is 5.82 Å². The molecular formula is C24H16Cl2FNO5S. The first-order chi connectivity index (χ1) is 16.3. The van der Waals surface area contributed by atoms with Gasteiger partial charge in [-0.15, -0.1) is 0 Å². The van der Waals surface area contributed by atoms with Crippen molar-refractivity contribution in [3.05, 3.63) is 86.2 Å². The van der Waals surface area contributed by atoms with Gasteiger partial charge in [-0.25, -0.2) is 9.18 Å². The summed E-state index contributed by atoms with van der Waals surface area (Å²) < 4.78 is 24.9. The molecule has 0 aliphatic carbocycles. The summed E-state index contributed by atoms with van der Waals surface area (Å²) in [5, 5.41) is -0.166. The third-order valence-corrected chi connectivity index (χ3v) is 6.49. The number of rotatable bonds is 6. The number of carbonyl (C=O) groups is 3. The van der Waals surface area contributed by atoms with Crippen LogP contribution in [-0.4, -0.2) is 28.6 Å². The van der Waals surface area contributed by atoms with Crippen molar-refractivity contribution in [1.29, 1.82) is 0 Å². The number of halogens is 3. The highest BCUT2D eigenvalue weighted by Gasteiger charge is 2.36. The summed E-state index contributed by atoms with van der Waals surface area (Å²) in [5.74, 6) is -0.993. The second-order valence-electron chi connectivity index (χ2n) is 7.09. The molecule has 1 aliphatic heterocycles. The average molecular weight is 520 g/mol.